The number of rotatable bonds is 4. The van der Waals surface area contributed by atoms with Crippen molar-refractivity contribution in [2.24, 2.45) is 0 Å². The van der Waals surface area contributed by atoms with Crippen LogP contribution in [0.4, 0.5) is 5.82 Å². The van der Waals surface area contributed by atoms with E-state index < -0.39 is 0 Å². The van der Waals surface area contributed by atoms with Gasteiger partial charge in [0.2, 0.25) is 0 Å². The summed E-state index contributed by atoms with van der Waals surface area (Å²) in [7, 11) is 1.82. The van der Waals surface area contributed by atoms with E-state index in [0.717, 1.165) is 27.4 Å². The molecule has 7 heteroatoms. The third-order valence-electron chi connectivity index (χ3n) is 1.83. The monoisotopic (exact) mass is 253 g/mol. The Labute approximate surface area is 102 Å². The molecule has 84 valence electrons. The Hall–Kier alpha value is -1.21. The van der Waals surface area contributed by atoms with Crippen molar-refractivity contribution in [1.29, 1.82) is 0 Å². The molecule has 2 rings (SSSR count). The fraction of sp³-hybridized carbons (Fsp3) is 0.333. The molecule has 2 aromatic rings. The highest BCUT2D eigenvalue weighted by molar-refractivity contribution is 8.00. The van der Waals surface area contributed by atoms with Crippen molar-refractivity contribution in [3.05, 3.63) is 18.2 Å². The van der Waals surface area contributed by atoms with Gasteiger partial charge in [-0.25, -0.2) is 9.97 Å². The van der Waals surface area contributed by atoms with E-state index >= 15 is 0 Å². The highest BCUT2D eigenvalue weighted by Crippen LogP contribution is 2.27. The van der Waals surface area contributed by atoms with Crippen LogP contribution in [0.1, 0.15) is 12.7 Å². The zero-order valence-corrected chi connectivity index (χ0v) is 10.6. The van der Waals surface area contributed by atoms with Crippen LogP contribution < -0.4 is 5.32 Å². The molecule has 0 fully saturated rings. The molecule has 0 spiro atoms. The minimum atomic E-state index is 0.755. The highest BCUT2D eigenvalue weighted by atomic mass is 32.2. The van der Waals surface area contributed by atoms with E-state index in [4.69, 9.17) is 0 Å². The van der Waals surface area contributed by atoms with Crippen LogP contribution in [0.15, 0.2) is 21.8 Å². The van der Waals surface area contributed by atoms with Crippen molar-refractivity contribution < 1.29 is 0 Å². The fourth-order valence-electron chi connectivity index (χ4n) is 1.03. The van der Waals surface area contributed by atoms with Gasteiger partial charge in [-0.05, 0) is 23.3 Å². The van der Waals surface area contributed by atoms with Crippen LogP contribution in [0, 0.1) is 0 Å². The van der Waals surface area contributed by atoms with Crippen LogP contribution in [-0.2, 0) is 6.42 Å². The second kappa shape index (κ2) is 5.22. The van der Waals surface area contributed by atoms with Crippen molar-refractivity contribution in [1.82, 2.24) is 19.3 Å². The summed E-state index contributed by atoms with van der Waals surface area (Å²) in [4.78, 5) is 12.8. The third-order valence-corrected chi connectivity index (χ3v) is 3.52. The van der Waals surface area contributed by atoms with E-state index in [9.17, 15) is 0 Å². The second-order valence-electron chi connectivity index (χ2n) is 2.92. The Morgan fingerprint density at radius 1 is 1.38 bits per heavy atom. The lowest BCUT2D eigenvalue weighted by molar-refractivity contribution is 0.969. The normalized spacial score (nSPS) is 10.4. The van der Waals surface area contributed by atoms with Gasteiger partial charge in [0.1, 0.15) is 16.7 Å². The molecule has 5 nitrogen and oxygen atoms in total. The van der Waals surface area contributed by atoms with Gasteiger partial charge >= 0.3 is 0 Å². The van der Waals surface area contributed by atoms with Crippen LogP contribution in [0.2, 0.25) is 0 Å². The first-order valence-corrected chi connectivity index (χ1v) is 6.41. The topological polar surface area (TPSA) is 63.6 Å². The molecule has 0 saturated heterocycles. The van der Waals surface area contributed by atoms with Gasteiger partial charge in [-0.1, -0.05) is 6.92 Å². The molecule has 16 heavy (non-hydrogen) atoms. The van der Waals surface area contributed by atoms with E-state index in [1.165, 1.54) is 23.3 Å². The molecule has 0 aliphatic rings. The maximum Gasteiger partial charge on any atom is 0.176 e. The van der Waals surface area contributed by atoms with Crippen molar-refractivity contribution in [3.63, 3.8) is 0 Å². The molecule has 0 atom stereocenters. The van der Waals surface area contributed by atoms with Crippen LogP contribution in [0.5, 0.6) is 0 Å². The molecular weight excluding hydrogens is 242 g/mol. The first kappa shape index (κ1) is 11.3. The lowest BCUT2D eigenvalue weighted by atomic mass is 10.5. The minimum Gasteiger partial charge on any atom is -0.372 e. The van der Waals surface area contributed by atoms with Crippen LogP contribution in [0.3, 0.4) is 0 Å². The smallest absolute Gasteiger partial charge is 0.176 e. The van der Waals surface area contributed by atoms with Gasteiger partial charge in [-0.2, -0.15) is 4.37 Å². The first-order chi connectivity index (χ1) is 7.81. The Kier molecular flexibility index (Phi) is 3.68. The molecule has 0 amide bonds. The zero-order valence-electron chi connectivity index (χ0n) is 8.97. The summed E-state index contributed by atoms with van der Waals surface area (Å²) in [5, 5.41) is 3.77. The van der Waals surface area contributed by atoms with Crippen LogP contribution in [-0.4, -0.2) is 26.4 Å². The SMILES string of the molecule is CCc1nsc(Sc2cncc(NC)n2)n1. The number of aromatic nitrogens is 4. The number of anilines is 1. The highest BCUT2D eigenvalue weighted by Gasteiger charge is 2.06. The lowest BCUT2D eigenvalue weighted by Crippen LogP contribution is -1.93. The van der Waals surface area contributed by atoms with Gasteiger partial charge < -0.3 is 5.32 Å². The average Bonchev–Trinajstić information content (AvgIpc) is 2.77. The van der Waals surface area contributed by atoms with Gasteiger partial charge in [-0.3, -0.25) is 4.98 Å². The zero-order chi connectivity index (χ0) is 11.4. The van der Waals surface area contributed by atoms with Crippen LogP contribution >= 0.6 is 23.3 Å². The predicted molar refractivity (Wildman–Crippen MR) is 65.0 cm³/mol. The average molecular weight is 253 g/mol. The van der Waals surface area contributed by atoms with Crippen molar-refractivity contribution >= 4 is 29.1 Å². The van der Waals surface area contributed by atoms with Gasteiger partial charge in [0, 0.05) is 13.5 Å². The predicted octanol–water partition coefficient (Wildman–Crippen LogP) is 2.08. The Balaban J connectivity index is 2.13. The Morgan fingerprint density at radius 2 is 2.25 bits per heavy atom. The van der Waals surface area contributed by atoms with E-state index in [0.29, 0.717) is 0 Å². The summed E-state index contributed by atoms with van der Waals surface area (Å²) < 4.78 is 5.12. The number of aryl methyl sites for hydroxylation is 1. The van der Waals surface area contributed by atoms with Crippen molar-refractivity contribution in [2.45, 2.75) is 22.7 Å². The largest absolute Gasteiger partial charge is 0.372 e. The lowest BCUT2D eigenvalue weighted by Gasteiger charge is -1.99. The molecule has 0 unspecified atom stereocenters. The second-order valence-corrected chi connectivity index (χ2v) is 4.94. The molecular formula is C9H11N5S2. The third kappa shape index (κ3) is 2.67. The number of hydrogen-bond donors (Lipinski definition) is 1. The molecule has 0 aromatic carbocycles. The number of nitrogens with one attached hydrogen (secondary N) is 1. The molecule has 0 radical (unpaired) electrons. The quantitative estimate of drug-likeness (QED) is 0.900. The van der Waals surface area contributed by atoms with Crippen molar-refractivity contribution in [2.75, 3.05) is 12.4 Å². The van der Waals surface area contributed by atoms with Gasteiger partial charge in [0.05, 0.1) is 12.4 Å². The van der Waals surface area contributed by atoms with E-state index in [1.807, 2.05) is 14.0 Å². The summed E-state index contributed by atoms with van der Waals surface area (Å²) in [6, 6.07) is 0. The summed E-state index contributed by atoms with van der Waals surface area (Å²) in [5.41, 5.74) is 0. The minimum absolute atomic E-state index is 0.755. The molecule has 2 heterocycles. The van der Waals surface area contributed by atoms with E-state index in [-0.39, 0.29) is 0 Å². The summed E-state index contributed by atoms with van der Waals surface area (Å²) in [5.74, 6) is 1.63. The maximum absolute atomic E-state index is 4.36. The van der Waals surface area contributed by atoms with Crippen LogP contribution in [0.25, 0.3) is 0 Å². The Morgan fingerprint density at radius 3 is 2.94 bits per heavy atom. The Bertz CT molecular complexity index is 470. The number of nitrogens with zero attached hydrogens (tertiary/aromatic N) is 4. The van der Waals surface area contributed by atoms with E-state index in [1.54, 1.807) is 12.4 Å². The standard InChI is InChI=1S/C9H11N5S2/c1-3-6-13-9(16-14-6)15-8-5-11-4-7(10-2)12-8/h4-5H,3H2,1-2H3,(H,10,12). The summed E-state index contributed by atoms with van der Waals surface area (Å²) >= 11 is 2.88. The molecule has 0 aliphatic heterocycles. The molecule has 0 bridgehead atoms. The van der Waals surface area contributed by atoms with Gasteiger partial charge in [0.25, 0.3) is 0 Å². The molecule has 2 aromatic heterocycles. The molecule has 0 saturated carbocycles. The first-order valence-electron chi connectivity index (χ1n) is 4.82. The summed E-state index contributed by atoms with van der Waals surface area (Å²) in [6.45, 7) is 2.04. The van der Waals surface area contributed by atoms with Crippen molar-refractivity contribution in [3.8, 4) is 0 Å². The number of hydrogen-bond acceptors (Lipinski definition) is 7. The fourth-order valence-corrected chi connectivity index (χ4v) is 2.63. The van der Waals surface area contributed by atoms with Gasteiger partial charge in [0.15, 0.2) is 4.34 Å². The molecule has 1 N–H and O–H groups in total. The molecule has 0 aliphatic carbocycles. The maximum atomic E-state index is 4.36. The summed E-state index contributed by atoms with van der Waals surface area (Å²) in [6.07, 6.45) is 4.26. The van der Waals surface area contributed by atoms with Gasteiger partial charge in [-0.15, -0.1) is 0 Å². The van der Waals surface area contributed by atoms with E-state index in [2.05, 4.69) is 24.6 Å².